The van der Waals surface area contributed by atoms with Gasteiger partial charge in [-0.2, -0.15) is 0 Å². The molecule has 1 aliphatic heterocycles. The Hall–Kier alpha value is -1.84. The summed E-state index contributed by atoms with van der Waals surface area (Å²) in [7, 11) is 0. The topological polar surface area (TPSA) is 52.6 Å². The third-order valence-electron chi connectivity index (χ3n) is 2.73. The molecule has 4 nitrogen and oxygen atoms in total. The maximum atomic E-state index is 11.7. The molecule has 0 aromatic heterocycles. The van der Waals surface area contributed by atoms with Gasteiger partial charge in [-0.3, -0.25) is 9.59 Å². The van der Waals surface area contributed by atoms with E-state index in [1.165, 1.54) is 0 Å². The van der Waals surface area contributed by atoms with Gasteiger partial charge in [-0.15, -0.1) is 0 Å². The Bertz CT molecular complexity index is 413. The summed E-state index contributed by atoms with van der Waals surface area (Å²) in [6.45, 7) is 2.05. The standard InChI is InChI=1S/C13H14O4/c1-2-16-13(15)10-8-11(14)17-12(10)9-6-4-3-5-7-9/h3-7,10,12H,2,8H2,1H3/t10-,12-/m0/s1. The van der Waals surface area contributed by atoms with Gasteiger partial charge < -0.3 is 9.47 Å². The van der Waals surface area contributed by atoms with Gasteiger partial charge >= 0.3 is 11.9 Å². The molecule has 1 fully saturated rings. The zero-order valence-corrected chi connectivity index (χ0v) is 9.59. The van der Waals surface area contributed by atoms with Gasteiger partial charge in [-0.25, -0.2) is 0 Å². The quantitative estimate of drug-likeness (QED) is 0.749. The Morgan fingerprint density at radius 3 is 2.76 bits per heavy atom. The number of esters is 2. The van der Waals surface area contributed by atoms with Crippen LogP contribution >= 0.6 is 0 Å². The third kappa shape index (κ3) is 2.46. The summed E-state index contributed by atoms with van der Waals surface area (Å²) in [5.74, 6) is -1.24. The van der Waals surface area contributed by atoms with Crippen molar-refractivity contribution in [2.45, 2.75) is 19.4 Å². The summed E-state index contributed by atoms with van der Waals surface area (Å²) in [5, 5.41) is 0. The van der Waals surface area contributed by atoms with Crippen molar-refractivity contribution < 1.29 is 19.1 Å². The second-order valence-electron chi connectivity index (χ2n) is 3.88. The van der Waals surface area contributed by atoms with Crippen LogP contribution in [0.3, 0.4) is 0 Å². The molecule has 1 aromatic rings. The maximum absolute atomic E-state index is 11.7. The summed E-state index contributed by atoms with van der Waals surface area (Å²) in [4.78, 5) is 23.0. The lowest BCUT2D eigenvalue weighted by Crippen LogP contribution is -2.20. The minimum atomic E-state index is -0.523. The summed E-state index contributed by atoms with van der Waals surface area (Å²) in [6, 6.07) is 9.26. The zero-order valence-electron chi connectivity index (χ0n) is 9.59. The van der Waals surface area contributed by atoms with Crippen LogP contribution in [0.15, 0.2) is 30.3 Å². The molecule has 0 saturated carbocycles. The predicted molar refractivity (Wildman–Crippen MR) is 60.0 cm³/mol. The van der Waals surface area contributed by atoms with Crippen LogP contribution in [0.2, 0.25) is 0 Å². The molecule has 0 radical (unpaired) electrons. The van der Waals surface area contributed by atoms with Crippen molar-refractivity contribution in [1.82, 2.24) is 0 Å². The molecule has 2 rings (SSSR count). The van der Waals surface area contributed by atoms with E-state index in [1.807, 2.05) is 30.3 Å². The van der Waals surface area contributed by atoms with Gasteiger partial charge in [0.25, 0.3) is 0 Å². The molecule has 0 unspecified atom stereocenters. The molecule has 2 atom stereocenters. The van der Waals surface area contributed by atoms with E-state index in [1.54, 1.807) is 6.92 Å². The predicted octanol–water partition coefficient (Wildman–Crippen LogP) is 1.85. The van der Waals surface area contributed by atoms with Gasteiger partial charge in [0.1, 0.15) is 12.0 Å². The molecule has 17 heavy (non-hydrogen) atoms. The first-order valence-electron chi connectivity index (χ1n) is 5.63. The first-order valence-corrected chi connectivity index (χ1v) is 5.63. The van der Waals surface area contributed by atoms with E-state index in [2.05, 4.69) is 0 Å². The van der Waals surface area contributed by atoms with Crippen molar-refractivity contribution in [2.75, 3.05) is 6.61 Å². The molecule has 4 heteroatoms. The van der Waals surface area contributed by atoms with E-state index >= 15 is 0 Å². The average Bonchev–Trinajstić information content (AvgIpc) is 2.73. The monoisotopic (exact) mass is 234 g/mol. The van der Waals surface area contributed by atoms with Crippen LogP contribution in [0.1, 0.15) is 25.0 Å². The van der Waals surface area contributed by atoms with Crippen LogP contribution in [0.25, 0.3) is 0 Å². The molecule has 0 bridgehead atoms. The lowest BCUT2D eigenvalue weighted by Gasteiger charge is -2.16. The molecule has 0 aliphatic carbocycles. The number of carbonyl (C=O) groups is 2. The van der Waals surface area contributed by atoms with Gasteiger partial charge in [0.05, 0.1) is 13.0 Å². The van der Waals surface area contributed by atoms with Crippen molar-refractivity contribution in [3.63, 3.8) is 0 Å². The summed E-state index contributed by atoms with van der Waals surface area (Å²) >= 11 is 0. The fourth-order valence-electron chi connectivity index (χ4n) is 1.96. The van der Waals surface area contributed by atoms with Gasteiger partial charge in [-0.05, 0) is 12.5 Å². The maximum Gasteiger partial charge on any atom is 0.313 e. The number of cyclic esters (lactones) is 1. The van der Waals surface area contributed by atoms with E-state index in [4.69, 9.17) is 9.47 Å². The number of hydrogen-bond acceptors (Lipinski definition) is 4. The van der Waals surface area contributed by atoms with Crippen molar-refractivity contribution in [3.8, 4) is 0 Å². The molecule has 1 aromatic carbocycles. The summed E-state index contributed by atoms with van der Waals surface area (Å²) < 4.78 is 10.1. The van der Waals surface area contributed by atoms with Crippen LogP contribution in [0.5, 0.6) is 0 Å². The molecule has 1 aliphatic rings. The molecule has 90 valence electrons. The van der Waals surface area contributed by atoms with Crippen LogP contribution in [0, 0.1) is 5.92 Å². The van der Waals surface area contributed by atoms with Gasteiger partial charge in [0.2, 0.25) is 0 Å². The highest BCUT2D eigenvalue weighted by Gasteiger charge is 2.41. The van der Waals surface area contributed by atoms with Crippen LogP contribution in [-0.2, 0) is 19.1 Å². The molecular formula is C13H14O4. The number of carbonyl (C=O) groups excluding carboxylic acids is 2. The highest BCUT2D eigenvalue weighted by atomic mass is 16.6. The summed E-state index contributed by atoms with van der Waals surface area (Å²) in [5.41, 5.74) is 0.830. The highest BCUT2D eigenvalue weighted by Crippen LogP contribution is 2.35. The van der Waals surface area contributed by atoms with Gasteiger partial charge in [-0.1, -0.05) is 30.3 Å². The average molecular weight is 234 g/mol. The Morgan fingerprint density at radius 1 is 1.41 bits per heavy atom. The second kappa shape index (κ2) is 4.99. The molecule has 0 N–H and O–H groups in total. The SMILES string of the molecule is CCOC(=O)[C@H]1CC(=O)O[C@H]1c1ccccc1. The third-order valence-corrected chi connectivity index (χ3v) is 2.73. The minimum Gasteiger partial charge on any atom is -0.466 e. The van der Waals surface area contributed by atoms with E-state index in [0.29, 0.717) is 6.61 Å². The van der Waals surface area contributed by atoms with Gasteiger partial charge in [0.15, 0.2) is 0 Å². The van der Waals surface area contributed by atoms with Crippen LogP contribution < -0.4 is 0 Å². The Labute approximate surface area is 99.5 Å². The van der Waals surface area contributed by atoms with Crippen molar-refractivity contribution in [1.29, 1.82) is 0 Å². The second-order valence-corrected chi connectivity index (χ2v) is 3.88. The Balaban J connectivity index is 2.20. The van der Waals surface area contributed by atoms with Crippen LogP contribution in [0.4, 0.5) is 0 Å². The molecule has 0 amide bonds. The molecule has 0 spiro atoms. The van der Waals surface area contributed by atoms with E-state index in [9.17, 15) is 9.59 Å². The van der Waals surface area contributed by atoms with E-state index in [0.717, 1.165) is 5.56 Å². The van der Waals surface area contributed by atoms with Crippen molar-refractivity contribution in [2.24, 2.45) is 5.92 Å². The number of hydrogen-bond donors (Lipinski definition) is 0. The largest absolute Gasteiger partial charge is 0.466 e. The van der Waals surface area contributed by atoms with Crippen molar-refractivity contribution >= 4 is 11.9 Å². The smallest absolute Gasteiger partial charge is 0.313 e. The van der Waals surface area contributed by atoms with Gasteiger partial charge in [0, 0.05) is 0 Å². The lowest BCUT2D eigenvalue weighted by atomic mass is 9.95. The Morgan fingerprint density at radius 2 is 2.12 bits per heavy atom. The van der Waals surface area contributed by atoms with Crippen molar-refractivity contribution in [3.05, 3.63) is 35.9 Å². The fraction of sp³-hybridized carbons (Fsp3) is 0.385. The summed E-state index contributed by atoms with van der Waals surface area (Å²) in [6.07, 6.45) is -0.416. The van der Waals surface area contributed by atoms with Crippen LogP contribution in [-0.4, -0.2) is 18.5 Å². The molecular weight excluding hydrogens is 220 g/mol. The normalized spacial score (nSPS) is 23.2. The first-order chi connectivity index (χ1) is 8.22. The zero-order chi connectivity index (χ0) is 12.3. The Kier molecular flexibility index (Phi) is 3.42. The highest BCUT2D eigenvalue weighted by molar-refractivity contribution is 5.83. The molecule has 1 heterocycles. The first kappa shape index (κ1) is 11.6. The van der Waals surface area contributed by atoms with E-state index in [-0.39, 0.29) is 18.4 Å². The van der Waals surface area contributed by atoms with E-state index < -0.39 is 12.0 Å². The lowest BCUT2D eigenvalue weighted by molar-refractivity contribution is -0.150. The minimum absolute atomic E-state index is 0.0956. The number of benzene rings is 1. The number of rotatable bonds is 3. The molecule has 1 saturated heterocycles. The fourth-order valence-corrected chi connectivity index (χ4v) is 1.96. The number of ether oxygens (including phenoxy) is 2.